The van der Waals surface area contributed by atoms with Crippen LogP contribution in [0, 0.1) is 46.3 Å². The molecule has 0 aromatic carbocycles. The molecular formula is C31H48O5. The molecule has 0 aromatic heterocycles. The molecule has 0 amide bonds. The Morgan fingerprint density at radius 1 is 1.11 bits per heavy atom. The quantitative estimate of drug-likeness (QED) is 0.224. The van der Waals surface area contributed by atoms with E-state index in [9.17, 15) is 14.7 Å². The molecule has 0 heterocycles. The zero-order valence-corrected chi connectivity index (χ0v) is 23.0. The van der Waals surface area contributed by atoms with Crippen molar-refractivity contribution in [1.29, 1.82) is 0 Å². The molecule has 1 unspecified atom stereocenters. The van der Waals surface area contributed by atoms with Gasteiger partial charge in [0, 0.05) is 24.0 Å². The second kappa shape index (κ2) is 10.6. The number of carboxylic acid groups (broad SMARTS) is 1. The van der Waals surface area contributed by atoms with E-state index in [-0.39, 0.29) is 5.41 Å². The topological polar surface area (TPSA) is 83.8 Å². The van der Waals surface area contributed by atoms with Crippen molar-refractivity contribution in [2.45, 2.75) is 111 Å². The van der Waals surface area contributed by atoms with Gasteiger partial charge in [-0.05, 0) is 79.4 Å². The number of rotatable bonds is 8. The molecule has 0 radical (unpaired) electrons. The molecule has 202 valence electrons. The molecule has 5 nitrogen and oxygen atoms in total. The fourth-order valence-corrected chi connectivity index (χ4v) is 9.19. The summed E-state index contributed by atoms with van der Waals surface area (Å²) in [6, 6.07) is 0. The molecule has 0 bridgehead atoms. The molecule has 0 aromatic rings. The highest BCUT2D eigenvalue weighted by Gasteiger charge is 2.61. The van der Waals surface area contributed by atoms with Crippen LogP contribution in [0.25, 0.3) is 0 Å². The lowest BCUT2D eigenvalue weighted by Crippen LogP contribution is -2.56. The highest BCUT2D eigenvalue weighted by Crippen LogP contribution is 2.67. The molecule has 2 N–H and O–H groups in total. The Morgan fingerprint density at radius 3 is 2.56 bits per heavy atom. The van der Waals surface area contributed by atoms with Gasteiger partial charge in [-0.2, -0.15) is 0 Å². The van der Waals surface area contributed by atoms with E-state index in [4.69, 9.17) is 9.84 Å². The lowest BCUT2D eigenvalue weighted by atomic mass is 9.46. The summed E-state index contributed by atoms with van der Waals surface area (Å²) >= 11 is 0. The third-order valence-electron chi connectivity index (χ3n) is 11.0. The van der Waals surface area contributed by atoms with Gasteiger partial charge in [-0.1, -0.05) is 65.5 Å². The van der Waals surface area contributed by atoms with E-state index in [2.05, 4.69) is 40.7 Å². The first-order valence-corrected chi connectivity index (χ1v) is 14.5. The summed E-state index contributed by atoms with van der Waals surface area (Å²) in [5, 5.41) is 19.5. The fourth-order valence-electron chi connectivity index (χ4n) is 9.19. The molecule has 0 spiro atoms. The van der Waals surface area contributed by atoms with Crippen molar-refractivity contribution in [1.82, 2.24) is 0 Å². The van der Waals surface area contributed by atoms with Gasteiger partial charge in [0.2, 0.25) is 0 Å². The fraction of sp³-hybridized carbons (Fsp3) is 0.806. The van der Waals surface area contributed by atoms with Crippen molar-refractivity contribution in [3.05, 3.63) is 23.8 Å². The molecule has 0 saturated heterocycles. The number of carbonyl (C=O) groups is 2. The standard InChI is InChI=1S/C31H48O5/c1-19(2)7-6-8-20(3)24-11-12-25-23-10-9-21-17-22(32)18-27(36-29(35)14-13-28(33)34)31(21,5)26(23)15-16-30(24,25)4/h9,13-14,19-20,22-27,32H,6-8,10-12,15-18H2,1-5H3,(H,33,34)/b14-13-/t20-,22-,23+,24-,25+,26+,27?,30-,31+/m1/s1. The highest BCUT2D eigenvalue weighted by atomic mass is 16.5. The molecular weight excluding hydrogens is 452 g/mol. The second-order valence-electron chi connectivity index (χ2n) is 13.3. The molecule has 4 aliphatic carbocycles. The highest BCUT2D eigenvalue weighted by molar-refractivity contribution is 5.90. The Bertz CT molecular complexity index is 889. The number of hydrogen-bond donors (Lipinski definition) is 2. The third kappa shape index (κ3) is 5.06. The number of hydrogen-bond acceptors (Lipinski definition) is 4. The van der Waals surface area contributed by atoms with Crippen LogP contribution in [0.4, 0.5) is 0 Å². The normalized spacial score (nSPS) is 40.8. The van der Waals surface area contributed by atoms with E-state index in [0.29, 0.717) is 36.0 Å². The van der Waals surface area contributed by atoms with Crippen LogP contribution in [-0.4, -0.2) is 34.4 Å². The van der Waals surface area contributed by atoms with Crippen molar-refractivity contribution >= 4 is 11.9 Å². The van der Waals surface area contributed by atoms with Crippen LogP contribution in [0.3, 0.4) is 0 Å². The Morgan fingerprint density at radius 2 is 1.86 bits per heavy atom. The first kappa shape index (κ1) is 27.4. The lowest BCUT2D eigenvalue weighted by Gasteiger charge is -2.60. The summed E-state index contributed by atoms with van der Waals surface area (Å²) in [4.78, 5) is 23.4. The number of carboxylic acids is 1. The monoisotopic (exact) mass is 500 g/mol. The zero-order valence-electron chi connectivity index (χ0n) is 23.0. The van der Waals surface area contributed by atoms with Gasteiger partial charge in [0.25, 0.3) is 0 Å². The number of ether oxygens (including phenoxy) is 1. The minimum absolute atomic E-state index is 0.294. The van der Waals surface area contributed by atoms with Crippen LogP contribution in [0.2, 0.25) is 0 Å². The lowest BCUT2D eigenvalue weighted by molar-refractivity contribution is -0.164. The average Bonchev–Trinajstić information content (AvgIpc) is 3.15. The maximum absolute atomic E-state index is 12.5. The van der Waals surface area contributed by atoms with Gasteiger partial charge in [-0.15, -0.1) is 0 Å². The van der Waals surface area contributed by atoms with Crippen molar-refractivity contribution in [3.8, 4) is 0 Å². The number of esters is 1. The Balaban J connectivity index is 1.54. The van der Waals surface area contributed by atoms with Crippen LogP contribution in [-0.2, 0) is 14.3 Å². The molecule has 3 saturated carbocycles. The van der Waals surface area contributed by atoms with E-state index in [1.54, 1.807) is 0 Å². The molecule has 5 heteroatoms. The van der Waals surface area contributed by atoms with Gasteiger partial charge in [0.1, 0.15) is 6.10 Å². The smallest absolute Gasteiger partial charge is 0.331 e. The van der Waals surface area contributed by atoms with E-state index in [1.807, 2.05) is 0 Å². The maximum atomic E-state index is 12.5. The molecule has 3 fully saturated rings. The van der Waals surface area contributed by atoms with Crippen LogP contribution in [0.1, 0.15) is 98.8 Å². The average molecular weight is 501 g/mol. The predicted octanol–water partition coefficient (Wildman–Crippen LogP) is 6.55. The summed E-state index contributed by atoms with van der Waals surface area (Å²) in [6.07, 6.45) is 14.3. The number of aliphatic carboxylic acids is 1. The number of allylic oxidation sites excluding steroid dienone is 1. The van der Waals surface area contributed by atoms with Gasteiger partial charge >= 0.3 is 11.9 Å². The summed E-state index contributed by atoms with van der Waals surface area (Å²) in [5.41, 5.74) is 1.32. The number of aliphatic hydroxyl groups excluding tert-OH is 1. The second-order valence-corrected chi connectivity index (χ2v) is 13.3. The van der Waals surface area contributed by atoms with Crippen molar-refractivity contribution in [2.75, 3.05) is 0 Å². The minimum Gasteiger partial charge on any atom is -0.478 e. The van der Waals surface area contributed by atoms with E-state index in [0.717, 1.165) is 42.7 Å². The van der Waals surface area contributed by atoms with Crippen molar-refractivity contribution in [2.24, 2.45) is 46.3 Å². The first-order valence-electron chi connectivity index (χ1n) is 14.5. The SMILES string of the molecule is CC(C)CCC[C@@H](C)[C@H]1CC[C@H]2[C@@H]3CC=C4C[C@@H](O)CC(OC(=O)/C=C\C(=O)O)[C@]4(C)[C@H]3CC[C@]12C. The Labute approximate surface area is 217 Å². The summed E-state index contributed by atoms with van der Waals surface area (Å²) in [6.45, 7) is 12.0. The van der Waals surface area contributed by atoms with Crippen LogP contribution in [0.15, 0.2) is 23.8 Å². The number of aliphatic hydroxyl groups is 1. The minimum atomic E-state index is -1.17. The van der Waals surface area contributed by atoms with Crippen molar-refractivity contribution in [3.63, 3.8) is 0 Å². The largest absolute Gasteiger partial charge is 0.478 e. The van der Waals surface area contributed by atoms with E-state index < -0.39 is 24.1 Å². The Kier molecular flexibility index (Phi) is 8.09. The zero-order chi connectivity index (χ0) is 26.3. The summed E-state index contributed by atoms with van der Waals surface area (Å²) in [5.74, 6) is 2.24. The van der Waals surface area contributed by atoms with E-state index in [1.165, 1.54) is 44.1 Å². The van der Waals surface area contributed by atoms with Gasteiger partial charge in [0.15, 0.2) is 0 Å². The van der Waals surface area contributed by atoms with Crippen LogP contribution < -0.4 is 0 Å². The third-order valence-corrected chi connectivity index (χ3v) is 11.0. The molecule has 4 aliphatic rings. The summed E-state index contributed by atoms with van der Waals surface area (Å²) < 4.78 is 5.90. The predicted molar refractivity (Wildman–Crippen MR) is 141 cm³/mol. The van der Waals surface area contributed by atoms with Gasteiger partial charge < -0.3 is 14.9 Å². The molecule has 36 heavy (non-hydrogen) atoms. The van der Waals surface area contributed by atoms with Gasteiger partial charge in [0.05, 0.1) is 6.10 Å². The summed E-state index contributed by atoms with van der Waals surface area (Å²) in [7, 11) is 0. The first-order chi connectivity index (χ1) is 17.0. The molecule has 0 aliphatic heterocycles. The number of carbonyl (C=O) groups excluding carboxylic acids is 1. The number of fused-ring (bicyclic) bond motifs is 5. The van der Waals surface area contributed by atoms with Crippen molar-refractivity contribution < 1.29 is 24.5 Å². The molecule has 4 rings (SSSR count). The molecule has 9 atom stereocenters. The van der Waals surface area contributed by atoms with Gasteiger partial charge in [-0.25, -0.2) is 9.59 Å². The van der Waals surface area contributed by atoms with Crippen LogP contribution in [0.5, 0.6) is 0 Å². The van der Waals surface area contributed by atoms with E-state index >= 15 is 0 Å². The van der Waals surface area contributed by atoms with Crippen LogP contribution >= 0.6 is 0 Å². The Hall–Kier alpha value is -1.62. The maximum Gasteiger partial charge on any atom is 0.331 e. The van der Waals surface area contributed by atoms with Gasteiger partial charge in [-0.3, -0.25) is 0 Å².